The first-order valence-corrected chi connectivity index (χ1v) is 25.5. The molecule has 378 valence electrons. The maximum Gasteiger partial charge on any atom is 1.00 e. The van der Waals surface area contributed by atoms with Crippen molar-refractivity contribution >= 4 is 17.6 Å². The largest absolute Gasteiger partial charge is 1.00 e. The van der Waals surface area contributed by atoms with Crippen LogP contribution in [-0.4, -0.2) is 30.9 Å². The first kappa shape index (κ1) is 69.4. The van der Waals surface area contributed by atoms with Gasteiger partial charge in [-0.15, -0.1) is 11.6 Å². The van der Waals surface area contributed by atoms with Gasteiger partial charge in [0.2, 0.25) is 0 Å². The molecule has 5 heterocycles. The summed E-state index contributed by atoms with van der Waals surface area (Å²) in [5.74, 6) is -0.233. The van der Waals surface area contributed by atoms with Crippen molar-refractivity contribution in [1.29, 1.82) is 0 Å². The molecule has 5 aromatic rings. The second-order valence-electron chi connectivity index (χ2n) is 13.8. The Hall–Kier alpha value is -4.91. The molecule has 0 fully saturated rings. The van der Waals surface area contributed by atoms with E-state index in [1.54, 1.807) is 18.6 Å². The van der Waals surface area contributed by atoms with Crippen molar-refractivity contribution in [1.82, 2.24) is 24.9 Å². The zero-order chi connectivity index (χ0) is 52.4. The zero-order valence-electron chi connectivity index (χ0n) is 44.9. The number of aromatic nitrogens is 5. The number of ether oxygens (including phenoxy) is 1. The monoisotopic (exact) mass is 989 g/mol. The standard InChI is InChI=1S/C10H11NO2.C8H8ClN.C8H8N4.C8H10N2.C8H9N.6C2H6.N3.Na/c1-7(12)13-9-5-4-8-3-2-6-11-10(8)9;9-7-4-3-6-2-1-5-10-8(6)7;9-12-11-7-4-3-6-2-1-5-10-8(6)7;9-7-4-3-6-2-1-5-10-8(6)7;1-3-7-4-2-6-9-8(7)5-1;6*1-2;1-3-2;/h2-3,6,9H,4-5H2,1H3;1-2,5,7H,3-4H2;1-2,5,7H,3-4H2;1-2,5,7H,3-4,9H2;2,4,6H,1,3,5H2;6*1-2H3;;/q;;;;;;;;;;;-1;+1. The quantitative estimate of drug-likeness (QED) is 0.0446. The van der Waals surface area contributed by atoms with Gasteiger partial charge in [0.1, 0.15) is 6.10 Å². The van der Waals surface area contributed by atoms with Crippen molar-refractivity contribution in [3.05, 3.63) is 174 Å². The Morgan fingerprint density at radius 3 is 1.46 bits per heavy atom. The molecule has 5 aromatic heterocycles. The summed E-state index contributed by atoms with van der Waals surface area (Å²) < 4.78 is 5.14. The number of nitrogens with two attached hydrogens (primary N) is 1. The first-order valence-electron chi connectivity index (χ1n) is 25.1. The van der Waals surface area contributed by atoms with E-state index in [9.17, 15) is 4.79 Å². The molecule has 0 spiro atoms. The summed E-state index contributed by atoms with van der Waals surface area (Å²) in [6, 6.07) is 20.4. The van der Waals surface area contributed by atoms with Crippen LogP contribution < -0.4 is 35.3 Å². The number of halogens is 1. The average Bonchev–Trinajstić information content (AvgIpc) is 4.29. The van der Waals surface area contributed by atoms with Crippen molar-refractivity contribution in [3.8, 4) is 0 Å². The fraction of sp³-hybridized carbons (Fsp3) is 0.519. The Kier molecular flexibility index (Phi) is 44.8. The van der Waals surface area contributed by atoms with E-state index in [-0.39, 0.29) is 59.1 Å². The van der Waals surface area contributed by atoms with Crippen LogP contribution in [0.15, 0.2) is 96.8 Å². The van der Waals surface area contributed by atoms with Gasteiger partial charge >= 0.3 is 35.5 Å². The van der Waals surface area contributed by atoms with Gasteiger partial charge in [0, 0.05) is 54.6 Å². The number of alkyl halides is 1. The van der Waals surface area contributed by atoms with Crippen LogP contribution in [0, 0.1) is 0 Å². The van der Waals surface area contributed by atoms with Crippen LogP contribution in [0.4, 0.5) is 0 Å². The van der Waals surface area contributed by atoms with Crippen LogP contribution in [0.3, 0.4) is 0 Å². The Morgan fingerprint density at radius 1 is 0.571 bits per heavy atom. The molecule has 0 amide bonds. The number of hydrogen-bond donors (Lipinski definition) is 1. The first-order chi connectivity index (χ1) is 33.8. The maximum atomic E-state index is 10.8. The van der Waals surface area contributed by atoms with Gasteiger partial charge in [-0.25, -0.2) is 0 Å². The van der Waals surface area contributed by atoms with E-state index in [0.717, 1.165) is 74.1 Å². The topological polar surface area (TPSA) is 224 Å². The molecule has 0 bridgehead atoms. The molecule has 70 heavy (non-hydrogen) atoms. The van der Waals surface area contributed by atoms with E-state index in [0.29, 0.717) is 0 Å². The molecule has 0 aliphatic heterocycles. The number of carbonyl (C=O) groups excluding carboxylic acids is 1. The molecule has 0 radical (unpaired) electrons. The predicted octanol–water partition coefficient (Wildman–Crippen LogP) is 12.9. The van der Waals surface area contributed by atoms with E-state index in [4.69, 9.17) is 38.7 Å². The Bertz CT molecular complexity index is 2110. The number of rotatable bonds is 2. The smallest absolute Gasteiger partial charge is 0.456 e. The molecule has 5 aliphatic carbocycles. The number of fused-ring (bicyclic) bond motifs is 5. The van der Waals surface area contributed by atoms with Gasteiger partial charge in [-0.1, -0.05) is 119 Å². The van der Waals surface area contributed by atoms with Gasteiger partial charge in [-0.2, -0.15) is 0 Å². The minimum absolute atomic E-state index is 0. The van der Waals surface area contributed by atoms with Crippen molar-refractivity contribution in [3.63, 3.8) is 0 Å². The fourth-order valence-electron chi connectivity index (χ4n) is 7.43. The normalized spacial score (nSPS) is 16.2. The van der Waals surface area contributed by atoms with Crippen LogP contribution >= 0.6 is 11.6 Å². The molecule has 16 heteroatoms. The Balaban J connectivity index is -0.000000749. The molecule has 0 aromatic carbocycles. The molecule has 0 saturated heterocycles. The number of pyridine rings is 5. The summed E-state index contributed by atoms with van der Waals surface area (Å²) in [6.45, 7) is 25.4. The van der Waals surface area contributed by atoms with Crippen molar-refractivity contribution in [2.45, 2.75) is 184 Å². The predicted molar refractivity (Wildman–Crippen MR) is 287 cm³/mol. The molecule has 5 aliphatic rings. The third-order valence-corrected chi connectivity index (χ3v) is 10.5. The van der Waals surface area contributed by atoms with Gasteiger partial charge < -0.3 is 21.5 Å². The molecule has 4 atom stereocenters. The summed E-state index contributed by atoms with van der Waals surface area (Å²) in [5, 5.41) is 3.85. The third kappa shape index (κ3) is 24.8. The van der Waals surface area contributed by atoms with E-state index >= 15 is 0 Å². The number of azide groups is 1. The van der Waals surface area contributed by atoms with Gasteiger partial charge in [0.25, 0.3) is 0 Å². The van der Waals surface area contributed by atoms with E-state index in [1.165, 1.54) is 64.6 Å². The van der Waals surface area contributed by atoms with Crippen molar-refractivity contribution in [2.24, 2.45) is 10.8 Å². The van der Waals surface area contributed by atoms with Crippen molar-refractivity contribution in [2.75, 3.05) is 0 Å². The number of esters is 1. The maximum absolute atomic E-state index is 10.8. The minimum Gasteiger partial charge on any atom is -0.456 e. The Morgan fingerprint density at radius 2 is 0.971 bits per heavy atom. The molecular weight excluding hydrogens is 907 g/mol. The van der Waals surface area contributed by atoms with Crippen LogP contribution in [0.2, 0.25) is 0 Å². The number of aryl methyl sites for hydroxylation is 6. The summed E-state index contributed by atoms with van der Waals surface area (Å²) in [7, 11) is 0. The average molecular weight is 990 g/mol. The third-order valence-electron chi connectivity index (χ3n) is 10.1. The molecular formula is C54H82ClN12NaO2. The van der Waals surface area contributed by atoms with Gasteiger partial charge in [-0.3, -0.25) is 34.6 Å². The van der Waals surface area contributed by atoms with Crippen LogP contribution in [0.5, 0.6) is 0 Å². The van der Waals surface area contributed by atoms with Crippen LogP contribution in [0.25, 0.3) is 26.4 Å². The number of nitrogens with zero attached hydrogens (tertiary/aromatic N) is 11. The fourth-order valence-corrected chi connectivity index (χ4v) is 7.74. The second kappa shape index (κ2) is 45.2. The molecule has 2 N–H and O–H groups in total. The second-order valence-corrected chi connectivity index (χ2v) is 14.3. The summed E-state index contributed by atoms with van der Waals surface area (Å²) >= 11 is 5.98. The van der Waals surface area contributed by atoms with Crippen molar-refractivity contribution < 1.29 is 39.1 Å². The molecule has 4 unspecified atom stereocenters. The summed E-state index contributed by atoms with van der Waals surface area (Å²) in [4.78, 5) is 36.2. The number of carbonyl (C=O) groups is 1. The summed E-state index contributed by atoms with van der Waals surface area (Å²) in [5.41, 5.74) is 39.5. The van der Waals surface area contributed by atoms with Crippen LogP contribution in [-0.2, 0) is 48.1 Å². The Labute approximate surface area is 448 Å². The van der Waals surface area contributed by atoms with E-state index < -0.39 is 0 Å². The molecule has 10 rings (SSSR count). The zero-order valence-corrected chi connectivity index (χ0v) is 47.7. The summed E-state index contributed by atoms with van der Waals surface area (Å²) in [6.07, 6.45) is 20.6. The molecule has 0 saturated carbocycles. The SMILES string of the molecule is CC.CC.CC.CC.CC.CC.CC(=O)OC1CCc2cccnc21.ClC1CCc2cccnc21.NC1CCc2cccnc21.[N-]=[N+]=NC1CCc2cccnc21.[N-]=[N+]=[N-].[Na+].c1cnc2c(c1)CCC2. The van der Waals surface area contributed by atoms with Gasteiger partial charge in [-0.05, 0) is 134 Å². The molecule has 14 nitrogen and oxygen atoms in total. The minimum atomic E-state index is -0.233. The van der Waals surface area contributed by atoms with E-state index in [1.807, 2.05) is 138 Å². The van der Waals surface area contributed by atoms with Gasteiger partial charge in [0.15, 0.2) is 0 Å². The van der Waals surface area contributed by atoms with E-state index in [2.05, 4.69) is 53.1 Å². The van der Waals surface area contributed by atoms with Crippen LogP contribution in [0.1, 0.15) is 202 Å². The van der Waals surface area contributed by atoms with Gasteiger partial charge in [0.05, 0.1) is 34.2 Å². The number of hydrogen-bond acceptors (Lipinski definition) is 9.